The van der Waals surface area contributed by atoms with E-state index in [9.17, 15) is 4.79 Å². The maximum absolute atomic E-state index is 12.4. The molecule has 3 rings (SSSR count). The summed E-state index contributed by atoms with van der Waals surface area (Å²) in [5, 5.41) is 16.6. The second-order valence-electron chi connectivity index (χ2n) is 6.96. The fourth-order valence-electron chi connectivity index (χ4n) is 3.03. The van der Waals surface area contributed by atoms with Crippen LogP contribution in [0.15, 0.2) is 36.4 Å². The Bertz CT molecular complexity index is 769. The van der Waals surface area contributed by atoms with Crippen LogP contribution in [-0.4, -0.2) is 34.1 Å². The Morgan fingerprint density at radius 1 is 1.20 bits per heavy atom. The van der Waals surface area contributed by atoms with Gasteiger partial charge in [0.2, 0.25) is 5.91 Å². The largest absolute Gasteiger partial charge is 0.342 e. The molecule has 0 saturated carbocycles. The molecule has 128 valence electrons. The van der Waals surface area contributed by atoms with Crippen molar-refractivity contribution in [2.45, 2.75) is 32.6 Å². The smallest absolute Gasteiger partial charge is 0.227 e. The number of rotatable bonds is 5. The number of amides is 1. The minimum Gasteiger partial charge on any atom is -0.342 e. The minimum absolute atomic E-state index is 0.180. The number of nitrogens with zero attached hydrogens (tertiary/aromatic N) is 4. The second kappa shape index (κ2) is 7.43. The lowest BCUT2D eigenvalue weighted by atomic mass is 9.93. The molecule has 1 aromatic heterocycles. The Morgan fingerprint density at radius 3 is 2.48 bits per heavy atom. The molecule has 1 amide bonds. The van der Waals surface area contributed by atoms with Gasteiger partial charge in [-0.15, -0.1) is 5.10 Å². The first-order valence-electron chi connectivity index (χ1n) is 8.64. The first-order chi connectivity index (χ1) is 12.0. The minimum atomic E-state index is 0.180. The average Bonchev–Trinajstić information content (AvgIpc) is 2.58. The highest BCUT2D eigenvalue weighted by Gasteiger charge is 2.30. The van der Waals surface area contributed by atoms with Crippen molar-refractivity contribution in [2.24, 2.45) is 5.92 Å². The highest BCUT2D eigenvalue weighted by molar-refractivity contribution is 5.79. The molecule has 0 atom stereocenters. The van der Waals surface area contributed by atoms with Gasteiger partial charge < -0.3 is 4.90 Å². The van der Waals surface area contributed by atoms with Crippen molar-refractivity contribution in [3.63, 3.8) is 0 Å². The first kappa shape index (κ1) is 17.1. The zero-order chi connectivity index (χ0) is 17.8. The lowest BCUT2D eigenvalue weighted by Gasteiger charge is -2.39. The van der Waals surface area contributed by atoms with E-state index in [1.54, 1.807) is 6.07 Å². The maximum Gasteiger partial charge on any atom is 0.227 e. The van der Waals surface area contributed by atoms with Crippen molar-refractivity contribution >= 4 is 5.91 Å². The molecule has 1 aliphatic rings. The van der Waals surface area contributed by atoms with Gasteiger partial charge in [-0.1, -0.05) is 38.1 Å². The summed E-state index contributed by atoms with van der Waals surface area (Å²) in [5.74, 6) is 1.11. The standard InChI is InChI=1S/C20H22N4O/c1-14(2)17-5-3-15(4-6-17)10-20(25)24-12-16(13-24)9-18-7-8-19(11-21)23-22-18/h3-8,14,16H,9-10,12-13H2,1-2H3. The molecule has 0 aliphatic carbocycles. The number of likely N-dealkylation sites (tertiary alicyclic amines) is 1. The third-order valence-corrected chi connectivity index (χ3v) is 4.64. The van der Waals surface area contributed by atoms with Gasteiger partial charge in [0, 0.05) is 13.1 Å². The van der Waals surface area contributed by atoms with Crippen molar-refractivity contribution in [3.8, 4) is 6.07 Å². The van der Waals surface area contributed by atoms with Crippen LogP contribution in [0.5, 0.6) is 0 Å². The Balaban J connectivity index is 1.47. The van der Waals surface area contributed by atoms with Gasteiger partial charge in [-0.3, -0.25) is 4.79 Å². The number of benzene rings is 1. The van der Waals surface area contributed by atoms with Crippen LogP contribution in [0.1, 0.15) is 42.3 Å². The number of nitriles is 1. The lowest BCUT2D eigenvalue weighted by Crippen LogP contribution is -2.51. The van der Waals surface area contributed by atoms with Gasteiger partial charge in [0.1, 0.15) is 6.07 Å². The number of carbonyl (C=O) groups is 1. The quantitative estimate of drug-likeness (QED) is 0.843. The van der Waals surface area contributed by atoms with Crippen LogP contribution in [-0.2, 0) is 17.6 Å². The third-order valence-electron chi connectivity index (χ3n) is 4.64. The molecule has 0 N–H and O–H groups in total. The predicted molar refractivity (Wildman–Crippen MR) is 94.8 cm³/mol. The van der Waals surface area contributed by atoms with Gasteiger partial charge in [-0.05, 0) is 41.5 Å². The van der Waals surface area contributed by atoms with Crippen molar-refractivity contribution in [3.05, 3.63) is 58.9 Å². The van der Waals surface area contributed by atoms with E-state index in [2.05, 4.69) is 48.3 Å². The fourth-order valence-corrected chi connectivity index (χ4v) is 3.03. The molecular weight excluding hydrogens is 312 g/mol. The molecule has 1 fully saturated rings. The highest BCUT2D eigenvalue weighted by atomic mass is 16.2. The molecule has 5 heteroatoms. The number of hydrogen-bond acceptors (Lipinski definition) is 4. The van der Waals surface area contributed by atoms with Gasteiger partial charge >= 0.3 is 0 Å². The van der Waals surface area contributed by atoms with Gasteiger partial charge in [0.25, 0.3) is 0 Å². The molecule has 0 unspecified atom stereocenters. The van der Waals surface area contributed by atoms with Crippen molar-refractivity contribution in [1.82, 2.24) is 15.1 Å². The average molecular weight is 334 g/mol. The normalized spacial score (nSPS) is 14.2. The summed E-state index contributed by atoms with van der Waals surface area (Å²) in [4.78, 5) is 14.3. The third kappa shape index (κ3) is 4.21. The summed E-state index contributed by atoms with van der Waals surface area (Å²) < 4.78 is 0. The maximum atomic E-state index is 12.4. The predicted octanol–water partition coefficient (Wildman–Crippen LogP) is 2.72. The SMILES string of the molecule is CC(C)c1ccc(CC(=O)N2CC(Cc3ccc(C#N)nn3)C2)cc1. The molecule has 1 saturated heterocycles. The Kier molecular flexibility index (Phi) is 5.08. The van der Waals surface area contributed by atoms with E-state index in [1.807, 2.05) is 17.0 Å². The van der Waals surface area contributed by atoms with Gasteiger partial charge in [-0.25, -0.2) is 0 Å². The van der Waals surface area contributed by atoms with E-state index in [0.717, 1.165) is 30.8 Å². The molecule has 2 aromatic rings. The molecular formula is C20H22N4O. The van der Waals surface area contributed by atoms with Gasteiger partial charge in [-0.2, -0.15) is 10.4 Å². The topological polar surface area (TPSA) is 69.9 Å². The zero-order valence-corrected chi connectivity index (χ0v) is 14.6. The summed E-state index contributed by atoms with van der Waals surface area (Å²) in [7, 11) is 0. The van der Waals surface area contributed by atoms with E-state index >= 15 is 0 Å². The lowest BCUT2D eigenvalue weighted by molar-refractivity contribution is -0.136. The van der Waals surface area contributed by atoms with Gasteiger partial charge in [0.15, 0.2) is 5.69 Å². The second-order valence-corrected chi connectivity index (χ2v) is 6.96. The van der Waals surface area contributed by atoms with Crippen LogP contribution < -0.4 is 0 Å². The van der Waals surface area contributed by atoms with E-state index in [0.29, 0.717) is 24.0 Å². The molecule has 1 aromatic carbocycles. The fraction of sp³-hybridized carbons (Fsp3) is 0.400. The Hall–Kier alpha value is -2.74. The summed E-state index contributed by atoms with van der Waals surface area (Å²) in [5.41, 5.74) is 3.57. The van der Waals surface area contributed by atoms with E-state index in [4.69, 9.17) is 5.26 Å². The summed E-state index contributed by atoms with van der Waals surface area (Å²) in [6.45, 7) is 5.87. The van der Waals surface area contributed by atoms with E-state index in [1.165, 1.54) is 5.56 Å². The van der Waals surface area contributed by atoms with Crippen molar-refractivity contribution < 1.29 is 4.79 Å². The highest BCUT2D eigenvalue weighted by Crippen LogP contribution is 2.21. The van der Waals surface area contributed by atoms with Crippen LogP contribution in [0.3, 0.4) is 0 Å². The summed E-state index contributed by atoms with van der Waals surface area (Å²) >= 11 is 0. The molecule has 25 heavy (non-hydrogen) atoms. The zero-order valence-electron chi connectivity index (χ0n) is 14.6. The number of hydrogen-bond donors (Lipinski definition) is 0. The monoisotopic (exact) mass is 334 g/mol. The summed E-state index contributed by atoms with van der Waals surface area (Å²) in [6, 6.07) is 13.8. The number of aromatic nitrogens is 2. The Labute approximate surface area is 148 Å². The first-order valence-corrected chi connectivity index (χ1v) is 8.64. The summed E-state index contributed by atoms with van der Waals surface area (Å²) in [6.07, 6.45) is 1.26. The van der Waals surface area contributed by atoms with Crippen LogP contribution in [0, 0.1) is 17.2 Å². The molecule has 5 nitrogen and oxygen atoms in total. The molecule has 0 bridgehead atoms. The molecule has 2 heterocycles. The molecule has 0 spiro atoms. The van der Waals surface area contributed by atoms with Crippen molar-refractivity contribution in [1.29, 1.82) is 5.26 Å². The van der Waals surface area contributed by atoms with Crippen LogP contribution >= 0.6 is 0 Å². The Morgan fingerprint density at radius 2 is 1.92 bits per heavy atom. The van der Waals surface area contributed by atoms with Crippen molar-refractivity contribution in [2.75, 3.05) is 13.1 Å². The van der Waals surface area contributed by atoms with Crippen LogP contribution in [0.25, 0.3) is 0 Å². The van der Waals surface area contributed by atoms with E-state index in [-0.39, 0.29) is 5.91 Å². The van der Waals surface area contributed by atoms with Crippen LogP contribution in [0.2, 0.25) is 0 Å². The number of carbonyl (C=O) groups excluding carboxylic acids is 1. The van der Waals surface area contributed by atoms with Crippen LogP contribution in [0.4, 0.5) is 0 Å². The molecule has 1 aliphatic heterocycles. The molecule has 0 radical (unpaired) electrons. The van der Waals surface area contributed by atoms with E-state index < -0.39 is 0 Å². The van der Waals surface area contributed by atoms with Gasteiger partial charge in [0.05, 0.1) is 12.1 Å².